The molecule has 7 heteroatoms. The molecule has 2 heterocycles. The smallest absolute Gasteiger partial charge is 0.340 e. The number of carbonyl (C=O) groups excluding carboxylic acids is 1. The highest BCUT2D eigenvalue weighted by Gasteiger charge is 2.22. The molecular formula is C21H23NO6. The highest BCUT2D eigenvalue weighted by molar-refractivity contribution is 5.97. The average Bonchev–Trinajstić information content (AvgIpc) is 2.90. The van der Waals surface area contributed by atoms with Gasteiger partial charge in [-0.05, 0) is 44.4 Å². The van der Waals surface area contributed by atoms with Gasteiger partial charge in [0.05, 0.1) is 12.0 Å². The lowest BCUT2D eigenvalue weighted by Crippen LogP contribution is -2.41. The van der Waals surface area contributed by atoms with E-state index in [-0.39, 0.29) is 12.0 Å². The fourth-order valence-electron chi connectivity index (χ4n) is 3.38. The van der Waals surface area contributed by atoms with Crippen molar-refractivity contribution in [1.29, 1.82) is 0 Å². The molecule has 3 aromatic rings. The van der Waals surface area contributed by atoms with Crippen LogP contribution >= 0.6 is 0 Å². The van der Waals surface area contributed by atoms with Gasteiger partial charge in [0, 0.05) is 16.8 Å². The van der Waals surface area contributed by atoms with Gasteiger partial charge >= 0.3 is 11.6 Å². The number of aryl methyl sites for hydroxylation is 3. The van der Waals surface area contributed by atoms with E-state index in [4.69, 9.17) is 8.83 Å². The molecule has 1 aromatic carbocycles. The first kappa shape index (κ1) is 19.7. The Hall–Kier alpha value is -3.09. The van der Waals surface area contributed by atoms with Gasteiger partial charge in [-0.25, -0.2) is 9.59 Å². The Labute approximate surface area is 161 Å². The molecule has 0 fully saturated rings. The van der Waals surface area contributed by atoms with Gasteiger partial charge in [0.15, 0.2) is 0 Å². The second kappa shape index (κ2) is 7.50. The maximum absolute atomic E-state index is 12.4. The number of carbonyl (C=O) groups is 2. The van der Waals surface area contributed by atoms with Crippen LogP contribution in [0.4, 0.5) is 0 Å². The Bertz CT molecular complexity index is 1140. The molecule has 0 saturated carbocycles. The zero-order valence-electron chi connectivity index (χ0n) is 16.3. The van der Waals surface area contributed by atoms with Crippen molar-refractivity contribution in [3.8, 4) is 0 Å². The third kappa shape index (κ3) is 3.52. The van der Waals surface area contributed by atoms with Gasteiger partial charge in [-0.15, -0.1) is 0 Å². The van der Waals surface area contributed by atoms with Crippen LogP contribution in [0.3, 0.4) is 0 Å². The van der Waals surface area contributed by atoms with Gasteiger partial charge in [-0.3, -0.25) is 4.79 Å². The van der Waals surface area contributed by atoms with E-state index < -0.39 is 23.5 Å². The van der Waals surface area contributed by atoms with E-state index in [1.807, 2.05) is 26.8 Å². The third-order valence-corrected chi connectivity index (χ3v) is 5.13. The fraction of sp³-hybridized carbons (Fsp3) is 0.381. The largest absolute Gasteiger partial charge is 0.480 e. The Balaban J connectivity index is 2.00. The first-order valence-electron chi connectivity index (χ1n) is 9.21. The molecule has 0 saturated heterocycles. The minimum atomic E-state index is -1.09. The molecule has 7 nitrogen and oxygen atoms in total. The molecule has 0 bridgehead atoms. The summed E-state index contributed by atoms with van der Waals surface area (Å²) in [6.45, 7) is 7.42. The Morgan fingerprint density at radius 3 is 2.36 bits per heavy atom. The van der Waals surface area contributed by atoms with Crippen LogP contribution in [0, 0.1) is 20.8 Å². The number of benzene rings is 1. The summed E-state index contributed by atoms with van der Waals surface area (Å²) in [5.41, 5.74) is 2.29. The van der Waals surface area contributed by atoms with E-state index in [1.165, 1.54) is 0 Å². The highest BCUT2D eigenvalue weighted by atomic mass is 16.4. The highest BCUT2D eigenvalue weighted by Crippen LogP contribution is 2.30. The van der Waals surface area contributed by atoms with Crippen LogP contribution in [-0.2, 0) is 16.0 Å². The van der Waals surface area contributed by atoms with Gasteiger partial charge in [-0.2, -0.15) is 0 Å². The zero-order chi connectivity index (χ0) is 20.6. The number of hydrogen-bond acceptors (Lipinski definition) is 5. The molecule has 28 heavy (non-hydrogen) atoms. The number of carboxylic acid groups (broad SMARTS) is 1. The van der Waals surface area contributed by atoms with Crippen LogP contribution in [0.15, 0.2) is 25.8 Å². The lowest BCUT2D eigenvalue weighted by Gasteiger charge is -2.14. The first-order valence-corrected chi connectivity index (χ1v) is 9.21. The normalized spacial score (nSPS) is 12.4. The third-order valence-electron chi connectivity index (χ3n) is 5.13. The summed E-state index contributed by atoms with van der Waals surface area (Å²) in [7, 11) is 0. The summed E-state index contributed by atoms with van der Waals surface area (Å²) in [5.74, 6) is -0.821. The lowest BCUT2D eigenvalue weighted by molar-refractivity contribution is -0.141. The van der Waals surface area contributed by atoms with E-state index in [2.05, 4.69) is 5.32 Å². The van der Waals surface area contributed by atoms with Crippen molar-refractivity contribution in [2.75, 3.05) is 0 Å². The molecule has 0 aliphatic rings. The molecule has 2 N–H and O–H groups in total. The van der Waals surface area contributed by atoms with Crippen molar-refractivity contribution in [2.45, 2.75) is 53.0 Å². The Morgan fingerprint density at radius 2 is 1.71 bits per heavy atom. The van der Waals surface area contributed by atoms with E-state index in [0.717, 1.165) is 22.1 Å². The van der Waals surface area contributed by atoms with E-state index in [9.17, 15) is 19.5 Å². The lowest BCUT2D eigenvalue weighted by atomic mass is 10.0. The number of rotatable bonds is 6. The molecule has 148 valence electrons. The Morgan fingerprint density at radius 1 is 1.07 bits per heavy atom. The Kier molecular flexibility index (Phi) is 5.27. The summed E-state index contributed by atoms with van der Waals surface area (Å²) in [6.07, 6.45) is 0.705. The summed E-state index contributed by atoms with van der Waals surface area (Å²) >= 11 is 0. The van der Waals surface area contributed by atoms with E-state index in [0.29, 0.717) is 29.6 Å². The zero-order valence-corrected chi connectivity index (χ0v) is 16.3. The van der Waals surface area contributed by atoms with Crippen LogP contribution in [-0.4, -0.2) is 23.0 Å². The molecule has 0 aliphatic carbocycles. The van der Waals surface area contributed by atoms with E-state index >= 15 is 0 Å². The standard InChI is InChI=1S/C21H23NO6/c1-5-6-16(20(24)25)22-19(23)8-15-11(3)14-7-13-10(2)12(4)27-17(13)9-18(14)28-21(15)26/h7,9,16H,5-6,8H2,1-4H3,(H,22,23)(H,24,25). The number of aliphatic carboxylic acids is 1. The maximum Gasteiger partial charge on any atom is 0.340 e. The molecule has 1 amide bonds. The number of carboxylic acids is 1. The van der Waals surface area contributed by atoms with Gasteiger partial charge in [0.1, 0.15) is 23.0 Å². The fourth-order valence-corrected chi connectivity index (χ4v) is 3.38. The van der Waals surface area contributed by atoms with Crippen molar-refractivity contribution >= 4 is 33.8 Å². The van der Waals surface area contributed by atoms with Crippen LogP contribution in [0.25, 0.3) is 21.9 Å². The molecule has 0 spiro atoms. The quantitative estimate of drug-likeness (QED) is 0.630. The topological polar surface area (TPSA) is 110 Å². The number of amides is 1. The summed E-state index contributed by atoms with van der Waals surface area (Å²) < 4.78 is 11.1. The van der Waals surface area contributed by atoms with Gasteiger partial charge in [0.25, 0.3) is 0 Å². The number of fused-ring (bicyclic) bond motifs is 2. The van der Waals surface area contributed by atoms with Crippen molar-refractivity contribution in [2.24, 2.45) is 0 Å². The minimum Gasteiger partial charge on any atom is -0.480 e. The van der Waals surface area contributed by atoms with Crippen LogP contribution in [0.2, 0.25) is 0 Å². The van der Waals surface area contributed by atoms with E-state index in [1.54, 1.807) is 13.0 Å². The second-order valence-electron chi connectivity index (χ2n) is 7.04. The predicted octanol–water partition coefficient (Wildman–Crippen LogP) is 3.38. The number of hydrogen-bond donors (Lipinski definition) is 2. The summed E-state index contributed by atoms with van der Waals surface area (Å²) in [4.78, 5) is 36.0. The van der Waals surface area contributed by atoms with Gasteiger partial charge < -0.3 is 19.3 Å². The molecule has 1 atom stereocenters. The van der Waals surface area contributed by atoms with Crippen LogP contribution in [0.1, 0.15) is 42.2 Å². The molecular weight excluding hydrogens is 362 g/mol. The van der Waals surface area contributed by atoms with Crippen LogP contribution < -0.4 is 10.9 Å². The minimum absolute atomic E-state index is 0.225. The SMILES string of the molecule is CCCC(NC(=O)Cc1c(C)c2cc3c(C)c(C)oc3cc2oc1=O)C(=O)O. The summed E-state index contributed by atoms with van der Waals surface area (Å²) in [6, 6.07) is 2.61. The van der Waals surface area contributed by atoms with Crippen molar-refractivity contribution in [3.63, 3.8) is 0 Å². The molecule has 0 radical (unpaired) electrons. The van der Waals surface area contributed by atoms with Gasteiger partial charge in [-0.1, -0.05) is 13.3 Å². The second-order valence-corrected chi connectivity index (χ2v) is 7.04. The monoisotopic (exact) mass is 385 g/mol. The summed E-state index contributed by atoms with van der Waals surface area (Å²) in [5, 5.41) is 13.3. The number of furan rings is 1. The number of nitrogens with one attached hydrogen (secondary N) is 1. The molecule has 3 rings (SSSR count). The van der Waals surface area contributed by atoms with Crippen molar-refractivity contribution in [3.05, 3.63) is 45.0 Å². The molecule has 1 unspecified atom stereocenters. The predicted molar refractivity (Wildman–Crippen MR) is 105 cm³/mol. The molecule has 0 aliphatic heterocycles. The van der Waals surface area contributed by atoms with Gasteiger partial charge in [0.2, 0.25) is 5.91 Å². The van der Waals surface area contributed by atoms with Crippen molar-refractivity contribution < 1.29 is 23.5 Å². The average molecular weight is 385 g/mol. The maximum atomic E-state index is 12.4. The molecule has 2 aromatic heterocycles. The van der Waals surface area contributed by atoms with Crippen molar-refractivity contribution in [1.82, 2.24) is 5.32 Å². The first-order chi connectivity index (χ1) is 13.2. The van der Waals surface area contributed by atoms with Crippen LogP contribution in [0.5, 0.6) is 0 Å².